The molecule has 2 aromatic carbocycles. The fourth-order valence-corrected chi connectivity index (χ4v) is 3.35. The number of nitrogens with zero attached hydrogens (tertiary/aromatic N) is 2. The van der Waals surface area contributed by atoms with Gasteiger partial charge < -0.3 is 19.9 Å². The molecule has 2 amide bonds. The predicted molar refractivity (Wildman–Crippen MR) is 114 cm³/mol. The quantitative estimate of drug-likeness (QED) is 0.746. The third kappa shape index (κ3) is 6.32. The molecule has 6 nitrogen and oxygen atoms in total. The highest BCUT2D eigenvalue weighted by atomic mass is 16.5. The first-order chi connectivity index (χ1) is 14.2. The zero-order valence-corrected chi connectivity index (χ0v) is 17.0. The Bertz CT molecular complexity index is 785. The Morgan fingerprint density at radius 1 is 0.931 bits per heavy atom. The fourth-order valence-electron chi connectivity index (χ4n) is 3.35. The van der Waals surface area contributed by atoms with Crippen LogP contribution in [-0.4, -0.2) is 67.5 Å². The second-order valence-electron chi connectivity index (χ2n) is 7.09. The number of hydrogen-bond donors (Lipinski definition) is 1. The van der Waals surface area contributed by atoms with Crippen molar-refractivity contribution >= 4 is 11.8 Å². The van der Waals surface area contributed by atoms with E-state index in [4.69, 9.17) is 4.74 Å². The van der Waals surface area contributed by atoms with Crippen LogP contribution in [0.5, 0.6) is 5.75 Å². The van der Waals surface area contributed by atoms with Gasteiger partial charge in [0.15, 0.2) is 6.61 Å². The molecular formula is C23H29N3O3. The molecule has 0 aromatic heterocycles. The number of benzene rings is 2. The van der Waals surface area contributed by atoms with E-state index in [1.807, 2.05) is 59.5 Å². The van der Waals surface area contributed by atoms with Crippen molar-refractivity contribution < 1.29 is 14.3 Å². The van der Waals surface area contributed by atoms with Crippen LogP contribution >= 0.6 is 0 Å². The summed E-state index contributed by atoms with van der Waals surface area (Å²) in [5, 5.41) is 2.76. The smallest absolute Gasteiger partial charge is 0.257 e. The van der Waals surface area contributed by atoms with Crippen molar-refractivity contribution in [3.05, 3.63) is 54.6 Å². The summed E-state index contributed by atoms with van der Waals surface area (Å²) in [5.74, 6) is 0.518. The van der Waals surface area contributed by atoms with Crippen LogP contribution in [0.4, 0.5) is 0 Å². The number of rotatable bonds is 8. The molecule has 0 bridgehead atoms. The van der Waals surface area contributed by atoms with Gasteiger partial charge >= 0.3 is 0 Å². The molecule has 2 aromatic rings. The lowest BCUT2D eigenvalue weighted by molar-refractivity contribution is -0.133. The maximum absolute atomic E-state index is 12.2. The molecule has 1 aliphatic rings. The standard InChI is InChI=1S/C23H29N3O3/c1-2-25-14-16-26(17-15-25)23(28)12-13-24-22(27)18-29-21-10-8-20(9-11-21)19-6-4-3-5-7-19/h3-11H,2,12-18H2,1H3,(H,24,27). The Morgan fingerprint density at radius 2 is 1.59 bits per heavy atom. The van der Waals surface area contributed by atoms with E-state index in [0.29, 0.717) is 18.7 Å². The second kappa shape index (κ2) is 10.6. The van der Waals surface area contributed by atoms with E-state index in [0.717, 1.165) is 43.9 Å². The number of piperazine rings is 1. The van der Waals surface area contributed by atoms with Crippen LogP contribution in [0.3, 0.4) is 0 Å². The maximum Gasteiger partial charge on any atom is 0.257 e. The summed E-state index contributed by atoms with van der Waals surface area (Å²) in [4.78, 5) is 28.4. The third-order valence-electron chi connectivity index (χ3n) is 5.16. The van der Waals surface area contributed by atoms with Crippen molar-refractivity contribution in [2.45, 2.75) is 13.3 Å². The number of amides is 2. The Labute approximate surface area is 172 Å². The minimum Gasteiger partial charge on any atom is -0.484 e. The molecule has 29 heavy (non-hydrogen) atoms. The Kier molecular flexibility index (Phi) is 7.64. The van der Waals surface area contributed by atoms with Crippen LogP contribution in [0.1, 0.15) is 13.3 Å². The van der Waals surface area contributed by atoms with Gasteiger partial charge in [0.2, 0.25) is 5.91 Å². The summed E-state index contributed by atoms with van der Waals surface area (Å²) < 4.78 is 5.54. The molecule has 0 spiro atoms. The van der Waals surface area contributed by atoms with E-state index in [9.17, 15) is 9.59 Å². The van der Waals surface area contributed by atoms with E-state index in [1.165, 1.54) is 0 Å². The Morgan fingerprint density at radius 3 is 2.24 bits per heavy atom. The number of carbonyl (C=O) groups is 2. The number of hydrogen-bond acceptors (Lipinski definition) is 4. The summed E-state index contributed by atoms with van der Waals surface area (Å²) in [7, 11) is 0. The van der Waals surface area contributed by atoms with E-state index < -0.39 is 0 Å². The van der Waals surface area contributed by atoms with Gasteiger partial charge in [0, 0.05) is 39.1 Å². The number of nitrogens with one attached hydrogen (secondary N) is 1. The van der Waals surface area contributed by atoms with Crippen LogP contribution in [0, 0.1) is 0 Å². The molecule has 0 unspecified atom stereocenters. The molecule has 0 radical (unpaired) electrons. The average molecular weight is 396 g/mol. The molecule has 0 aliphatic carbocycles. The van der Waals surface area contributed by atoms with Crippen LogP contribution in [0.15, 0.2) is 54.6 Å². The molecule has 6 heteroatoms. The second-order valence-corrected chi connectivity index (χ2v) is 7.09. The molecule has 0 saturated carbocycles. The monoisotopic (exact) mass is 395 g/mol. The van der Waals surface area contributed by atoms with Gasteiger partial charge in [-0.25, -0.2) is 0 Å². The van der Waals surface area contributed by atoms with E-state index in [2.05, 4.69) is 17.1 Å². The van der Waals surface area contributed by atoms with Gasteiger partial charge in [-0.3, -0.25) is 9.59 Å². The largest absolute Gasteiger partial charge is 0.484 e. The number of carbonyl (C=O) groups excluding carboxylic acids is 2. The third-order valence-corrected chi connectivity index (χ3v) is 5.16. The van der Waals surface area contributed by atoms with Gasteiger partial charge in [-0.05, 0) is 29.8 Å². The van der Waals surface area contributed by atoms with Gasteiger partial charge in [0.25, 0.3) is 5.91 Å². The minimum absolute atomic E-state index is 0.0615. The van der Waals surface area contributed by atoms with E-state index in [-0.39, 0.29) is 18.4 Å². The Hall–Kier alpha value is -2.86. The zero-order valence-electron chi connectivity index (χ0n) is 17.0. The van der Waals surface area contributed by atoms with Crippen molar-refractivity contribution in [3.63, 3.8) is 0 Å². The summed E-state index contributed by atoms with van der Waals surface area (Å²) >= 11 is 0. The van der Waals surface area contributed by atoms with Crippen molar-refractivity contribution in [1.29, 1.82) is 0 Å². The lowest BCUT2D eigenvalue weighted by atomic mass is 10.1. The molecule has 1 heterocycles. The molecule has 0 atom stereocenters. The normalized spacial score (nSPS) is 14.4. The summed E-state index contributed by atoms with van der Waals surface area (Å²) in [5.41, 5.74) is 2.23. The first kappa shape index (κ1) is 20.9. The van der Waals surface area contributed by atoms with Gasteiger partial charge in [-0.1, -0.05) is 49.4 Å². The first-order valence-electron chi connectivity index (χ1n) is 10.2. The van der Waals surface area contributed by atoms with Gasteiger partial charge in [-0.2, -0.15) is 0 Å². The fraction of sp³-hybridized carbons (Fsp3) is 0.391. The van der Waals surface area contributed by atoms with Crippen LogP contribution in [0.25, 0.3) is 11.1 Å². The van der Waals surface area contributed by atoms with Crippen molar-refractivity contribution in [1.82, 2.24) is 15.1 Å². The zero-order chi connectivity index (χ0) is 20.5. The predicted octanol–water partition coefficient (Wildman–Crippen LogP) is 2.40. The van der Waals surface area contributed by atoms with E-state index >= 15 is 0 Å². The molecule has 154 valence electrons. The van der Waals surface area contributed by atoms with Crippen molar-refractivity contribution in [3.8, 4) is 16.9 Å². The highest BCUT2D eigenvalue weighted by Crippen LogP contribution is 2.21. The molecule has 1 saturated heterocycles. The molecule has 1 N–H and O–H groups in total. The summed E-state index contributed by atoms with van der Waals surface area (Å²) in [6, 6.07) is 17.7. The molecule has 1 fully saturated rings. The number of ether oxygens (including phenoxy) is 1. The lowest BCUT2D eigenvalue weighted by Gasteiger charge is -2.34. The topological polar surface area (TPSA) is 61.9 Å². The molecule has 3 rings (SSSR count). The Balaban J connectivity index is 1.34. The first-order valence-corrected chi connectivity index (χ1v) is 10.2. The summed E-state index contributed by atoms with van der Waals surface area (Å²) in [6.45, 7) is 6.80. The van der Waals surface area contributed by atoms with Crippen molar-refractivity contribution in [2.75, 3.05) is 45.9 Å². The van der Waals surface area contributed by atoms with Crippen molar-refractivity contribution in [2.24, 2.45) is 0 Å². The molecular weight excluding hydrogens is 366 g/mol. The van der Waals surface area contributed by atoms with Crippen LogP contribution in [-0.2, 0) is 9.59 Å². The van der Waals surface area contributed by atoms with Crippen LogP contribution in [0.2, 0.25) is 0 Å². The SMILES string of the molecule is CCN1CCN(C(=O)CCNC(=O)COc2ccc(-c3ccccc3)cc2)CC1. The number of likely N-dealkylation sites (N-methyl/N-ethyl adjacent to an activating group) is 1. The molecule has 1 aliphatic heterocycles. The maximum atomic E-state index is 12.2. The van der Waals surface area contributed by atoms with E-state index in [1.54, 1.807) is 0 Å². The van der Waals surface area contributed by atoms with Gasteiger partial charge in [0.1, 0.15) is 5.75 Å². The highest BCUT2D eigenvalue weighted by Gasteiger charge is 2.19. The minimum atomic E-state index is -0.222. The lowest BCUT2D eigenvalue weighted by Crippen LogP contribution is -2.49. The van der Waals surface area contributed by atoms with Gasteiger partial charge in [-0.15, -0.1) is 0 Å². The summed E-state index contributed by atoms with van der Waals surface area (Å²) in [6.07, 6.45) is 0.323. The van der Waals surface area contributed by atoms with Crippen LogP contribution < -0.4 is 10.1 Å². The van der Waals surface area contributed by atoms with Gasteiger partial charge in [0.05, 0.1) is 0 Å². The average Bonchev–Trinajstić information content (AvgIpc) is 2.78. The highest BCUT2D eigenvalue weighted by molar-refractivity contribution is 5.80.